The summed E-state index contributed by atoms with van der Waals surface area (Å²) >= 11 is 0. The van der Waals surface area contributed by atoms with Gasteiger partial charge in [-0.1, -0.05) is 30.3 Å². The van der Waals surface area contributed by atoms with Gasteiger partial charge in [-0.05, 0) is 19.8 Å². The molecular formula is C19H23N5O. The molecule has 1 fully saturated rings. The predicted octanol–water partition coefficient (Wildman–Crippen LogP) is 2.03. The Labute approximate surface area is 147 Å². The standard InChI is InChI=1S/C19H23N5O/c1-14-17(23-19(22-14)15-6-3-2-4-7-15)9-10-21-13-18(25)24-11-5-8-16(24)12-20/h2-4,6-7,16,21H,5,8-11,13H2,1H3,(H,22,23). The van der Waals surface area contributed by atoms with Gasteiger partial charge in [0.2, 0.25) is 5.91 Å². The van der Waals surface area contributed by atoms with Crippen molar-refractivity contribution in [1.29, 1.82) is 5.26 Å². The number of imidazole rings is 1. The number of carbonyl (C=O) groups excluding carboxylic acids is 1. The van der Waals surface area contributed by atoms with Crippen LogP contribution in [0.25, 0.3) is 11.4 Å². The van der Waals surface area contributed by atoms with Crippen LogP contribution in [0.1, 0.15) is 24.2 Å². The van der Waals surface area contributed by atoms with Crippen LogP contribution in [0, 0.1) is 18.3 Å². The molecule has 130 valence electrons. The minimum Gasteiger partial charge on any atom is -0.342 e. The number of carbonyl (C=O) groups is 1. The number of nitrogens with zero attached hydrogens (tertiary/aromatic N) is 3. The molecule has 25 heavy (non-hydrogen) atoms. The highest BCUT2D eigenvalue weighted by Gasteiger charge is 2.27. The van der Waals surface area contributed by atoms with Crippen LogP contribution < -0.4 is 5.32 Å². The normalized spacial score (nSPS) is 16.8. The van der Waals surface area contributed by atoms with E-state index in [2.05, 4.69) is 21.4 Å². The van der Waals surface area contributed by atoms with Crippen molar-refractivity contribution in [2.75, 3.05) is 19.6 Å². The largest absolute Gasteiger partial charge is 0.342 e. The summed E-state index contributed by atoms with van der Waals surface area (Å²) < 4.78 is 0. The Morgan fingerprint density at radius 2 is 2.24 bits per heavy atom. The van der Waals surface area contributed by atoms with Crippen LogP contribution in [-0.4, -0.2) is 46.5 Å². The van der Waals surface area contributed by atoms with Gasteiger partial charge in [0.05, 0.1) is 18.3 Å². The van der Waals surface area contributed by atoms with Gasteiger partial charge in [0, 0.05) is 30.8 Å². The first-order valence-corrected chi connectivity index (χ1v) is 8.69. The number of likely N-dealkylation sites (tertiary alicyclic amines) is 1. The Hall–Kier alpha value is -2.65. The number of aromatic nitrogens is 2. The van der Waals surface area contributed by atoms with Crippen molar-refractivity contribution >= 4 is 5.91 Å². The minimum atomic E-state index is -0.253. The maximum atomic E-state index is 12.2. The number of hydrogen-bond donors (Lipinski definition) is 2. The van der Waals surface area contributed by atoms with Crippen LogP contribution in [0.3, 0.4) is 0 Å². The topological polar surface area (TPSA) is 84.8 Å². The third kappa shape index (κ3) is 4.06. The molecule has 6 heteroatoms. The lowest BCUT2D eigenvalue weighted by atomic mass is 10.2. The first-order chi connectivity index (χ1) is 12.2. The highest BCUT2D eigenvalue weighted by molar-refractivity contribution is 5.79. The average Bonchev–Trinajstić information content (AvgIpc) is 3.26. The number of aromatic amines is 1. The van der Waals surface area contributed by atoms with Gasteiger partial charge in [-0.2, -0.15) is 5.26 Å². The molecule has 2 N–H and O–H groups in total. The Morgan fingerprint density at radius 3 is 3.00 bits per heavy atom. The molecule has 1 aliphatic rings. The van der Waals surface area contributed by atoms with E-state index >= 15 is 0 Å². The van der Waals surface area contributed by atoms with E-state index in [1.807, 2.05) is 37.3 Å². The summed E-state index contributed by atoms with van der Waals surface area (Å²) in [6.07, 6.45) is 2.46. The van der Waals surface area contributed by atoms with E-state index in [1.54, 1.807) is 4.90 Å². The summed E-state index contributed by atoms with van der Waals surface area (Å²) in [5.41, 5.74) is 3.13. The number of nitriles is 1. The molecule has 0 saturated carbocycles. The van der Waals surface area contributed by atoms with Crippen molar-refractivity contribution in [3.05, 3.63) is 41.7 Å². The van der Waals surface area contributed by atoms with Gasteiger partial charge >= 0.3 is 0 Å². The van der Waals surface area contributed by atoms with Crippen molar-refractivity contribution < 1.29 is 4.79 Å². The van der Waals surface area contributed by atoms with Gasteiger partial charge in [-0.3, -0.25) is 4.79 Å². The fourth-order valence-electron chi connectivity index (χ4n) is 3.18. The molecule has 0 radical (unpaired) electrons. The zero-order chi connectivity index (χ0) is 17.6. The molecule has 1 aromatic carbocycles. The van der Waals surface area contributed by atoms with E-state index in [4.69, 9.17) is 5.26 Å². The Bertz CT molecular complexity index is 762. The van der Waals surface area contributed by atoms with Crippen molar-refractivity contribution in [2.24, 2.45) is 0 Å². The number of rotatable bonds is 6. The molecule has 3 rings (SSSR count). The van der Waals surface area contributed by atoms with Gasteiger partial charge < -0.3 is 15.2 Å². The molecule has 1 saturated heterocycles. The first kappa shape index (κ1) is 17.2. The highest BCUT2D eigenvalue weighted by Crippen LogP contribution is 2.18. The zero-order valence-electron chi connectivity index (χ0n) is 14.5. The molecular weight excluding hydrogens is 314 g/mol. The summed E-state index contributed by atoms with van der Waals surface area (Å²) in [6.45, 7) is 3.66. The average molecular weight is 337 g/mol. The second-order valence-corrected chi connectivity index (χ2v) is 6.32. The van der Waals surface area contributed by atoms with E-state index in [-0.39, 0.29) is 18.5 Å². The number of H-pyrrole nitrogens is 1. The molecule has 1 amide bonds. The highest BCUT2D eigenvalue weighted by atomic mass is 16.2. The van der Waals surface area contributed by atoms with Crippen molar-refractivity contribution in [1.82, 2.24) is 20.2 Å². The number of nitrogens with one attached hydrogen (secondary N) is 2. The second-order valence-electron chi connectivity index (χ2n) is 6.32. The van der Waals surface area contributed by atoms with E-state index in [9.17, 15) is 4.79 Å². The van der Waals surface area contributed by atoms with Crippen LogP contribution in [-0.2, 0) is 11.2 Å². The van der Waals surface area contributed by atoms with Gasteiger partial charge in [0.25, 0.3) is 0 Å². The Kier molecular flexibility index (Phi) is 5.46. The van der Waals surface area contributed by atoms with Crippen LogP contribution in [0.2, 0.25) is 0 Å². The molecule has 2 aromatic rings. The molecule has 6 nitrogen and oxygen atoms in total. The fraction of sp³-hybridized carbons (Fsp3) is 0.421. The van der Waals surface area contributed by atoms with E-state index < -0.39 is 0 Å². The SMILES string of the molecule is Cc1[nH]c(-c2ccccc2)nc1CCNCC(=O)N1CCCC1C#N. The molecule has 0 aliphatic carbocycles. The summed E-state index contributed by atoms with van der Waals surface area (Å²) in [4.78, 5) is 21.8. The molecule has 1 aliphatic heterocycles. The lowest BCUT2D eigenvalue weighted by Gasteiger charge is -2.19. The molecule has 1 atom stereocenters. The van der Waals surface area contributed by atoms with Crippen LogP contribution in [0.5, 0.6) is 0 Å². The van der Waals surface area contributed by atoms with E-state index in [1.165, 1.54) is 0 Å². The van der Waals surface area contributed by atoms with Crippen LogP contribution >= 0.6 is 0 Å². The molecule has 2 heterocycles. The summed E-state index contributed by atoms with van der Waals surface area (Å²) in [7, 11) is 0. The predicted molar refractivity (Wildman–Crippen MR) is 95.7 cm³/mol. The van der Waals surface area contributed by atoms with Gasteiger partial charge in [0.1, 0.15) is 11.9 Å². The monoisotopic (exact) mass is 337 g/mol. The van der Waals surface area contributed by atoms with Gasteiger partial charge in [-0.15, -0.1) is 0 Å². The summed E-state index contributed by atoms with van der Waals surface area (Å²) in [6, 6.07) is 12.0. The number of benzene rings is 1. The molecule has 0 spiro atoms. The van der Waals surface area contributed by atoms with Gasteiger partial charge in [-0.25, -0.2) is 4.98 Å². The van der Waals surface area contributed by atoms with E-state index in [0.29, 0.717) is 13.1 Å². The maximum absolute atomic E-state index is 12.2. The lowest BCUT2D eigenvalue weighted by molar-refractivity contribution is -0.130. The Balaban J connectivity index is 1.49. The van der Waals surface area contributed by atoms with Crippen molar-refractivity contribution in [2.45, 2.75) is 32.2 Å². The summed E-state index contributed by atoms with van der Waals surface area (Å²) in [5.74, 6) is 0.880. The molecule has 1 aromatic heterocycles. The summed E-state index contributed by atoms with van der Waals surface area (Å²) in [5, 5.41) is 12.2. The number of hydrogen-bond acceptors (Lipinski definition) is 4. The fourth-order valence-corrected chi connectivity index (χ4v) is 3.18. The van der Waals surface area contributed by atoms with Crippen LogP contribution in [0.15, 0.2) is 30.3 Å². The van der Waals surface area contributed by atoms with Gasteiger partial charge in [0.15, 0.2) is 0 Å². The number of aryl methyl sites for hydroxylation is 1. The van der Waals surface area contributed by atoms with E-state index in [0.717, 1.165) is 42.0 Å². The van der Waals surface area contributed by atoms with Crippen molar-refractivity contribution in [3.63, 3.8) is 0 Å². The minimum absolute atomic E-state index is 0.00720. The third-order valence-electron chi connectivity index (χ3n) is 4.57. The van der Waals surface area contributed by atoms with Crippen LogP contribution in [0.4, 0.5) is 0 Å². The first-order valence-electron chi connectivity index (χ1n) is 8.69. The number of amides is 1. The lowest BCUT2D eigenvalue weighted by Crippen LogP contribution is -2.41. The zero-order valence-corrected chi connectivity index (χ0v) is 14.5. The molecule has 1 unspecified atom stereocenters. The quantitative estimate of drug-likeness (QED) is 0.790. The smallest absolute Gasteiger partial charge is 0.237 e. The Morgan fingerprint density at radius 1 is 1.44 bits per heavy atom. The third-order valence-corrected chi connectivity index (χ3v) is 4.57. The maximum Gasteiger partial charge on any atom is 0.237 e. The molecule has 0 bridgehead atoms. The van der Waals surface area contributed by atoms with Crippen molar-refractivity contribution in [3.8, 4) is 17.5 Å². The second kappa shape index (κ2) is 7.95.